The van der Waals surface area contributed by atoms with Gasteiger partial charge in [-0.3, -0.25) is 9.36 Å². The van der Waals surface area contributed by atoms with E-state index in [1.807, 2.05) is 29.6 Å². The van der Waals surface area contributed by atoms with Crippen LogP contribution in [0.3, 0.4) is 0 Å². The molecule has 1 aromatic heterocycles. The summed E-state index contributed by atoms with van der Waals surface area (Å²) < 4.78 is 17.0. The van der Waals surface area contributed by atoms with Gasteiger partial charge in [-0.1, -0.05) is 12.1 Å². The molecular formula is C19H19N2O3PS. The zero-order valence-corrected chi connectivity index (χ0v) is 16.0. The fraction of sp³-hybridized carbons (Fsp3) is 0.105. The smallest absolute Gasteiger partial charge is 0.255 e. The highest BCUT2D eigenvalue weighted by atomic mass is 32.1. The lowest BCUT2D eigenvalue weighted by molar-refractivity contribution is 0.102. The van der Waals surface area contributed by atoms with Crippen LogP contribution in [0.4, 0.5) is 11.4 Å². The summed E-state index contributed by atoms with van der Waals surface area (Å²) in [5, 5.41) is 5.43. The number of hydrogen-bond donors (Lipinski definition) is 2. The number of benzene rings is 2. The van der Waals surface area contributed by atoms with Gasteiger partial charge >= 0.3 is 0 Å². The Morgan fingerprint density at radius 2 is 1.96 bits per heavy atom. The van der Waals surface area contributed by atoms with E-state index in [0.29, 0.717) is 28.8 Å². The van der Waals surface area contributed by atoms with E-state index in [1.54, 1.807) is 48.6 Å². The monoisotopic (exact) mass is 386 g/mol. The summed E-state index contributed by atoms with van der Waals surface area (Å²) in [6, 6.07) is 16.1. The topological polar surface area (TPSA) is 81.4 Å². The Labute approximate surface area is 156 Å². The Balaban J connectivity index is 1.77. The molecule has 1 amide bonds. The van der Waals surface area contributed by atoms with Crippen LogP contribution in [-0.2, 0) is 9.09 Å². The molecule has 134 valence electrons. The van der Waals surface area contributed by atoms with E-state index in [2.05, 4.69) is 5.32 Å². The Hall–Kier alpha value is -2.40. The standard InChI is InChI=1S/C19H19N2O3PS/c1-2-24-25(23)15-8-5-13(6-9-15)19(22)21-17-12-14(7-10-16(17)20)18-4-3-11-26-18/h3-12,25H,2,20H2,1H3,(H,21,22). The molecule has 0 spiro atoms. The van der Waals surface area contributed by atoms with Crippen LogP contribution >= 0.6 is 19.4 Å². The average molecular weight is 386 g/mol. The van der Waals surface area contributed by atoms with Crippen LogP contribution in [0.5, 0.6) is 0 Å². The summed E-state index contributed by atoms with van der Waals surface area (Å²) in [4.78, 5) is 13.6. The molecule has 26 heavy (non-hydrogen) atoms. The third-order valence-corrected chi connectivity index (χ3v) is 6.04. The number of amides is 1. The highest BCUT2D eigenvalue weighted by molar-refractivity contribution is 7.48. The number of hydrogen-bond acceptors (Lipinski definition) is 5. The van der Waals surface area contributed by atoms with Gasteiger partial charge in [0.1, 0.15) is 0 Å². The lowest BCUT2D eigenvalue weighted by atomic mass is 10.1. The summed E-state index contributed by atoms with van der Waals surface area (Å²) in [7, 11) is -2.26. The van der Waals surface area contributed by atoms with Crippen molar-refractivity contribution in [3.05, 3.63) is 65.5 Å². The van der Waals surface area contributed by atoms with Crippen LogP contribution in [0, 0.1) is 0 Å². The number of anilines is 2. The average Bonchev–Trinajstić information content (AvgIpc) is 3.18. The second-order valence-corrected chi connectivity index (χ2v) is 7.92. The summed E-state index contributed by atoms with van der Waals surface area (Å²) in [6.45, 7) is 2.18. The minimum Gasteiger partial charge on any atom is -0.397 e. The van der Waals surface area contributed by atoms with Crippen LogP contribution in [0.25, 0.3) is 10.4 Å². The summed E-state index contributed by atoms with van der Waals surface area (Å²) >= 11 is 1.62. The molecule has 3 rings (SSSR count). The van der Waals surface area contributed by atoms with Gasteiger partial charge in [-0.25, -0.2) is 0 Å². The maximum Gasteiger partial charge on any atom is 0.255 e. The van der Waals surface area contributed by atoms with Crippen molar-refractivity contribution >= 4 is 42.0 Å². The molecule has 1 heterocycles. The van der Waals surface area contributed by atoms with Crippen molar-refractivity contribution in [1.29, 1.82) is 0 Å². The highest BCUT2D eigenvalue weighted by Crippen LogP contribution is 2.30. The van der Waals surface area contributed by atoms with Crippen molar-refractivity contribution in [2.24, 2.45) is 0 Å². The maximum absolute atomic E-state index is 12.5. The first kappa shape index (κ1) is 18.4. The van der Waals surface area contributed by atoms with Gasteiger partial charge in [-0.15, -0.1) is 11.3 Å². The Bertz CT molecular complexity index is 924. The van der Waals surface area contributed by atoms with Crippen LogP contribution in [0.1, 0.15) is 17.3 Å². The zero-order valence-electron chi connectivity index (χ0n) is 14.2. The van der Waals surface area contributed by atoms with Gasteiger partial charge in [0.25, 0.3) is 5.91 Å². The first-order valence-corrected chi connectivity index (χ1v) is 10.3. The number of thiophene rings is 1. The zero-order chi connectivity index (χ0) is 18.5. The minimum absolute atomic E-state index is 0.275. The molecule has 0 fully saturated rings. The largest absolute Gasteiger partial charge is 0.397 e. The third-order valence-electron chi connectivity index (χ3n) is 3.77. The predicted molar refractivity (Wildman–Crippen MR) is 109 cm³/mol. The molecule has 2 aromatic carbocycles. The van der Waals surface area contributed by atoms with Crippen LogP contribution in [0.2, 0.25) is 0 Å². The summed E-state index contributed by atoms with van der Waals surface area (Å²) in [5.74, 6) is -0.275. The number of nitrogen functional groups attached to an aromatic ring is 1. The highest BCUT2D eigenvalue weighted by Gasteiger charge is 2.11. The second-order valence-electron chi connectivity index (χ2n) is 5.53. The van der Waals surface area contributed by atoms with E-state index in [0.717, 1.165) is 10.4 Å². The normalized spacial score (nSPS) is 11.9. The van der Waals surface area contributed by atoms with E-state index in [1.165, 1.54) is 0 Å². The first-order valence-electron chi connectivity index (χ1n) is 8.10. The Morgan fingerprint density at radius 1 is 1.19 bits per heavy atom. The first-order chi connectivity index (χ1) is 12.6. The van der Waals surface area contributed by atoms with Gasteiger partial charge in [-0.05, 0) is 60.3 Å². The molecule has 3 N–H and O–H groups in total. The molecule has 1 unspecified atom stereocenters. The number of nitrogens with one attached hydrogen (secondary N) is 1. The fourth-order valence-corrected chi connectivity index (χ4v) is 4.02. The molecule has 7 heteroatoms. The lowest BCUT2D eigenvalue weighted by Gasteiger charge is -2.10. The van der Waals surface area contributed by atoms with Gasteiger partial charge < -0.3 is 15.6 Å². The van der Waals surface area contributed by atoms with Crippen molar-refractivity contribution in [1.82, 2.24) is 0 Å². The molecule has 0 aliphatic heterocycles. The van der Waals surface area contributed by atoms with Gasteiger partial charge in [0.15, 0.2) is 0 Å². The second kappa shape index (κ2) is 8.32. The Kier molecular flexibility index (Phi) is 5.89. The molecule has 0 saturated heterocycles. The Morgan fingerprint density at radius 3 is 2.62 bits per heavy atom. The third kappa shape index (κ3) is 4.22. The van der Waals surface area contributed by atoms with E-state index >= 15 is 0 Å². The van der Waals surface area contributed by atoms with E-state index in [4.69, 9.17) is 10.3 Å². The summed E-state index contributed by atoms with van der Waals surface area (Å²) in [6.07, 6.45) is 0. The van der Waals surface area contributed by atoms with Gasteiger partial charge in [0, 0.05) is 15.7 Å². The molecule has 0 radical (unpaired) electrons. The van der Waals surface area contributed by atoms with Crippen molar-refractivity contribution in [2.45, 2.75) is 6.92 Å². The van der Waals surface area contributed by atoms with Crippen molar-refractivity contribution in [3.8, 4) is 10.4 Å². The van der Waals surface area contributed by atoms with E-state index in [-0.39, 0.29) is 5.91 Å². The minimum atomic E-state index is -2.26. The van der Waals surface area contributed by atoms with E-state index in [9.17, 15) is 9.36 Å². The van der Waals surface area contributed by atoms with Crippen molar-refractivity contribution in [3.63, 3.8) is 0 Å². The molecular weight excluding hydrogens is 367 g/mol. The molecule has 0 saturated carbocycles. The number of nitrogens with two attached hydrogens (primary N) is 1. The fourth-order valence-electron chi connectivity index (χ4n) is 2.43. The van der Waals surface area contributed by atoms with Gasteiger partial charge in [0.2, 0.25) is 8.03 Å². The number of rotatable bonds is 6. The molecule has 0 aliphatic rings. The van der Waals surface area contributed by atoms with Gasteiger partial charge in [0.05, 0.1) is 18.0 Å². The maximum atomic E-state index is 12.5. The quantitative estimate of drug-likeness (QED) is 0.486. The van der Waals surface area contributed by atoms with E-state index < -0.39 is 8.03 Å². The molecule has 5 nitrogen and oxygen atoms in total. The number of carbonyl (C=O) groups excluding carboxylic acids is 1. The van der Waals surface area contributed by atoms with Crippen molar-refractivity contribution < 1.29 is 13.9 Å². The lowest BCUT2D eigenvalue weighted by Crippen LogP contribution is -2.14. The van der Waals surface area contributed by atoms with Crippen LogP contribution in [0.15, 0.2) is 60.0 Å². The van der Waals surface area contributed by atoms with Crippen molar-refractivity contribution in [2.75, 3.05) is 17.7 Å². The molecule has 0 bridgehead atoms. The van der Waals surface area contributed by atoms with Crippen LogP contribution in [-0.4, -0.2) is 12.5 Å². The molecule has 3 aromatic rings. The molecule has 1 atom stereocenters. The SMILES string of the molecule is CCO[PH](=O)c1ccc(C(=O)Nc2cc(-c3cccs3)ccc2N)cc1. The predicted octanol–water partition coefficient (Wildman–Crippen LogP) is 4.39. The van der Waals surface area contributed by atoms with Crippen LogP contribution < -0.4 is 16.4 Å². The summed E-state index contributed by atoms with van der Waals surface area (Å²) in [5.41, 5.74) is 8.52. The number of carbonyl (C=O) groups is 1. The molecule has 0 aliphatic carbocycles. The van der Waals surface area contributed by atoms with Gasteiger partial charge in [-0.2, -0.15) is 0 Å².